The summed E-state index contributed by atoms with van der Waals surface area (Å²) in [5.74, 6) is 0. The first-order chi connectivity index (χ1) is 21.1. The molecule has 0 saturated carbocycles. The highest BCUT2D eigenvalue weighted by Crippen LogP contribution is 2.52. The fraction of sp³-hybridized carbons (Fsp3) is 0.0769. The first-order valence-electron chi connectivity index (χ1n) is 15.1. The van der Waals surface area contributed by atoms with E-state index in [9.17, 15) is 0 Å². The monoisotopic (exact) mass is 550 g/mol. The van der Waals surface area contributed by atoms with Crippen LogP contribution in [0.3, 0.4) is 0 Å². The zero-order valence-electron chi connectivity index (χ0n) is 24.0. The molecule has 0 amide bonds. The third-order valence-corrected chi connectivity index (χ3v) is 10.0. The van der Waals surface area contributed by atoms with Gasteiger partial charge in [-0.15, -0.1) is 0 Å². The maximum absolute atomic E-state index is 6.73. The minimum Gasteiger partial charge on any atom is -0.454 e. The van der Waals surface area contributed by atoms with Gasteiger partial charge in [0.05, 0.1) is 11.2 Å². The topological polar surface area (TPSA) is 21.3 Å². The molecule has 0 spiro atoms. The average Bonchev–Trinajstić information content (AvgIpc) is 3.59. The van der Waals surface area contributed by atoms with Gasteiger partial charge in [-0.2, -0.15) is 0 Å². The van der Waals surface area contributed by atoms with Crippen molar-refractivity contribution < 1.29 is 4.42 Å². The van der Waals surface area contributed by atoms with Gasteiger partial charge in [-0.3, -0.25) is 0 Å². The lowest BCUT2D eigenvalue weighted by molar-refractivity contribution is 0.632. The van der Waals surface area contributed by atoms with E-state index in [-0.39, 0.29) is 12.3 Å². The molecule has 0 atom stereocenters. The van der Waals surface area contributed by atoms with Crippen LogP contribution in [0.4, 0.5) is 17.1 Å². The number of rotatable bonds is 1. The molecule has 8 aromatic rings. The minimum atomic E-state index is -0.137. The molecule has 2 aliphatic rings. The molecule has 6 aromatic carbocycles. The Labute approximate surface area is 249 Å². The van der Waals surface area contributed by atoms with Gasteiger partial charge in [-0.25, -0.2) is 0 Å². The second-order valence-electron chi connectivity index (χ2n) is 12.5. The number of fused-ring (bicyclic) bond motifs is 11. The molecule has 0 fully saturated rings. The van der Waals surface area contributed by atoms with E-state index in [1.54, 1.807) is 0 Å². The molecule has 2 aliphatic heterocycles. The van der Waals surface area contributed by atoms with Gasteiger partial charge in [-0.1, -0.05) is 111 Å². The smallest absolute Gasteiger partial charge is 0.332 e. The van der Waals surface area contributed by atoms with Gasteiger partial charge in [-0.05, 0) is 52.4 Å². The molecule has 0 bridgehead atoms. The summed E-state index contributed by atoms with van der Waals surface area (Å²) in [6, 6.07) is 46.6. The maximum Gasteiger partial charge on any atom is 0.332 e. The third-order valence-electron chi connectivity index (χ3n) is 10.0. The summed E-state index contributed by atoms with van der Waals surface area (Å²) in [6.07, 6.45) is 0. The van der Waals surface area contributed by atoms with E-state index in [1.807, 2.05) is 0 Å². The Morgan fingerprint density at radius 1 is 0.558 bits per heavy atom. The van der Waals surface area contributed by atoms with Crippen LogP contribution in [0.1, 0.15) is 25.0 Å². The largest absolute Gasteiger partial charge is 0.454 e. The summed E-state index contributed by atoms with van der Waals surface area (Å²) in [4.78, 5) is 2.52. The molecule has 10 rings (SSSR count). The van der Waals surface area contributed by atoms with Gasteiger partial charge < -0.3 is 13.8 Å². The Hall–Kier alpha value is -5.22. The normalized spacial score (nSPS) is 14.8. The van der Waals surface area contributed by atoms with E-state index in [1.165, 1.54) is 55.4 Å². The van der Waals surface area contributed by atoms with Crippen LogP contribution in [0.15, 0.2) is 132 Å². The molecule has 0 unspecified atom stereocenters. The molecule has 0 saturated heterocycles. The van der Waals surface area contributed by atoms with Gasteiger partial charge in [0.25, 0.3) is 0 Å². The predicted octanol–water partition coefficient (Wildman–Crippen LogP) is 8.77. The molecule has 43 heavy (non-hydrogen) atoms. The van der Waals surface area contributed by atoms with Crippen LogP contribution >= 0.6 is 0 Å². The van der Waals surface area contributed by atoms with Crippen LogP contribution in [0, 0.1) is 0 Å². The summed E-state index contributed by atoms with van der Waals surface area (Å²) in [7, 11) is 0. The molecule has 3 nitrogen and oxygen atoms in total. The van der Waals surface area contributed by atoms with Crippen molar-refractivity contribution >= 4 is 78.6 Å². The highest BCUT2D eigenvalue weighted by atomic mass is 16.3. The number of nitrogens with zero attached hydrogens (tertiary/aromatic N) is 2. The van der Waals surface area contributed by atoms with Crippen molar-refractivity contribution in [3.63, 3.8) is 0 Å². The quantitative estimate of drug-likeness (QED) is 0.191. The fourth-order valence-corrected chi connectivity index (χ4v) is 8.15. The average molecular weight is 550 g/mol. The van der Waals surface area contributed by atoms with Crippen molar-refractivity contribution in [3.8, 4) is 0 Å². The SMILES string of the molecule is CC1(C)c2ccccc2N2c3ccccc3B(n3c4ccccc4c4ccc5c6ccccc6oc5c43)c3cccc1c32. The Balaban J connectivity index is 1.39. The number of anilines is 3. The predicted molar refractivity (Wildman–Crippen MR) is 180 cm³/mol. The number of furan rings is 1. The summed E-state index contributed by atoms with van der Waals surface area (Å²) in [5, 5.41) is 4.78. The Morgan fingerprint density at radius 3 is 2.14 bits per heavy atom. The molecule has 2 aromatic heterocycles. The van der Waals surface area contributed by atoms with Gasteiger partial charge in [0.1, 0.15) is 5.58 Å². The van der Waals surface area contributed by atoms with Crippen LogP contribution < -0.4 is 15.8 Å². The fourth-order valence-electron chi connectivity index (χ4n) is 8.15. The van der Waals surface area contributed by atoms with Gasteiger partial charge in [0, 0.05) is 43.9 Å². The number of hydrogen-bond donors (Lipinski definition) is 0. The molecule has 202 valence electrons. The van der Waals surface area contributed by atoms with Crippen molar-refractivity contribution in [1.29, 1.82) is 0 Å². The van der Waals surface area contributed by atoms with E-state index in [0.717, 1.165) is 27.5 Å². The van der Waals surface area contributed by atoms with E-state index >= 15 is 0 Å². The molecule has 0 aliphatic carbocycles. The third kappa shape index (κ3) is 2.81. The van der Waals surface area contributed by atoms with Gasteiger partial charge >= 0.3 is 6.85 Å². The molecule has 4 heteroatoms. The van der Waals surface area contributed by atoms with Crippen LogP contribution in [0.25, 0.3) is 43.7 Å². The summed E-state index contributed by atoms with van der Waals surface area (Å²) in [6.45, 7) is 4.70. The standard InChI is InChI=1S/C39H27BN2O/c1-39(2)28-14-5-8-19-33(28)41-34-20-9-6-16-30(34)40(31-17-11-15-29(39)37(31)41)42-32-18-7-3-12-24(32)26-22-23-27-25-13-4-10-21-35(25)43-38(27)36(26)42/h3-23H,1-2H3. The van der Waals surface area contributed by atoms with Crippen LogP contribution in [0.5, 0.6) is 0 Å². The Kier molecular flexibility index (Phi) is 4.34. The highest BCUT2D eigenvalue weighted by Gasteiger charge is 2.45. The Morgan fingerprint density at radius 2 is 1.23 bits per heavy atom. The lowest BCUT2D eigenvalue weighted by atomic mass is 9.46. The van der Waals surface area contributed by atoms with Crippen LogP contribution in [-0.4, -0.2) is 11.3 Å². The van der Waals surface area contributed by atoms with E-state index in [2.05, 4.69) is 151 Å². The molecular formula is C39H27BN2O. The lowest BCUT2D eigenvalue weighted by Gasteiger charge is -2.47. The van der Waals surface area contributed by atoms with Crippen molar-refractivity contribution in [2.24, 2.45) is 0 Å². The number of aromatic nitrogens is 1. The highest BCUT2D eigenvalue weighted by molar-refractivity contribution is 6.88. The first-order valence-corrected chi connectivity index (χ1v) is 15.1. The zero-order valence-corrected chi connectivity index (χ0v) is 24.0. The van der Waals surface area contributed by atoms with E-state index in [4.69, 9.17) is 4.42 Å². The van der Waals surface area contributed by atoms with Crippen LogP contribution in [-0.2, 0) is 5.41 Å². The van der Waals surface area contributed by atoms with Crippen molar-refractivity contribution in [2.45, 2.75) is 19.3 Å². The molecule has 4 heterocycles. The summed E-state index contributed by atoms with van der Waals surface area (Å²) < 4.78 is 9.29. The van der Waals surface area contributed by atoms with Crippen molar-refractivity contribution in [1.82, 2.24) is 4.48 Å². The second kappa shape index (κ2) is 7.99. The lowest BCUT2D eigenvalue weighted by Crippen LogP contribution is -2.56. The van der Waals surface area contributed by atoms with E-state index in [0.29, 0.717) is 0 Å². The number of hydrogen-bond acceptors (Lipinski definition) is 2. The zero-order chi connectivity index (χ0) is 28.4. The minimum absolute atomic E-state index is 0.0373. The van der Waals surface area contributed by atoms with Crippen molar-refractivity contribution in [2.75, 3.05) is 4.90 Å². The van der Waals surface area contributed by atoms with Gasteiger partial charge in [0.15, 0.2) is 5.58 Å². The Bertz CT molecular complexity index is 2460. The summed E-state index contributed by atoms with van der Waals surface area (Å²) >= 11 is 0. The second-order valence-corrected chi connectivity index (χ2v) is 12.5. The molecule has 0 N–H and O–H groups in total. The summed E-state index contributed by atoms with van der Waals surface area (Å²) in [5.41, 5.74) is 13.2. The molecule has 0 radical (unpaired) electrons. The molecular weight excluding hydrogens is 523 g/mol. The van der Waals surface area contributed by atoms with Gasteiger partial charge in [0.2, 0.25) is 0 Å². The van der Waals surface area contributed by atoms with E-state index < -0.39 is 0 Å². The first kappa shape index (κ1) is 23.4. The van der Waals surface area contributed by atoms with Crippen molar-refractivity contribution in [3.05, 3.63) is 139 Å². The number of benzene rings is 6. The maximum atomic E-state index is 6.73. The number of para-hydroxylation sites is 5. The van der Waals surface area contributed by atoms with Crippen LogP contribution in [0.2, 0.25) is 0 Å².